The van der Waals surface area contributed by atoms with Crippen molar-refractivity contribution < 1.29 is 19.1 Å². The van der Waals surface area contributed by atoms with Gasteiger partial charge in [0.15, 0.2) is 0 Å². The molecule has 0 spiro atoms. The van der Waals surface area contributed by atoms with Crippen molar-refractivity contribution in [2.75, 3.05) is 24.6 Å². The number of amides is 2. The molecule has 0 bridgehead atoms. The molecule has 0 aliphatic rings. The zero-order valence-electron chi connectivity index (χ0n) is 16.7. The van der Waals surface area contributed by atoms with Crippen LogP contribution in [0.1, 0.15) is 27.2 Å². The van der Waals surface area contributed by atoms with Gasteiger partial charge in [-0.25, -0.2) is 0 Å². The highest BCUT2D eigenvalue weighted by atomic mass is 16.5. The SMILES string of the molecule is CC(=O)N(CCNC(=O)CCOc1ccccc1)c1ccc(OC(C)C)cc1. The molecular formula is C22H28N2O4. The number of nitrogens with one attached hydrogen (secondary N) is 1. The van der Waals surface area contributed by atoms with Gasteiger partial charge in [-0.05, 0) is 50.2 Å². The molecule has 6 heteroatoms. The van der Waals surface area contributed by atoms with Crippen molar-refractivity contribution in [1.82, 2.24) is 5.32 Å². The predicted octanol–water partition coefficient (Wildman–Crippen LogP) is 3.41. The molecule has 150 valence electrons. The van der Waals surface area contributed by atoms with Crippen LogP contribution in [0.15, 0.2) is 54.6 Å². The average Bonchev–Trinajstić information content (AvgIpc) is 2.66. The third-order valence-corrected chi connectivity index (χ3v) is 3.90. The lowest BCUT2D eigenvalue weighted by molar-refractivity contribution is -0.122. The van der Waals surface area contributed by atoms with Crippen molar-refractivity contribution in [3.63, 3.8) is 0 Å². The average molecular weight is 384 g/mol. The number of ether oxygens (including phenoxy) is 2. The van der Waals surface area contributed by atoms with Crippen molar-refractivity contribution in [1.29, 1.82) is 0 Å². The van der Waals surface area contributed by atoms with Gasteiger partial charge in [0, 0.05) is 25.7 Å². The van der Waals surface area contributed by atoms with Gasteiger partial charge >= 0.3 is 0 Å². The van der Waals surface area contributed by atoms with Crippen molar-refractivity contribution in [2.24, 2.45) is 0 Å². The van der Waals surface area contributed by atoms with Crippen LogP contribution in [0.2, 0.25) is 0 Å². The first-order chi connectivity index (χ1) is 13.5. The molecule has 2 aromatic carbocycles. The Morgan fingerprint density at radius 2 is 1.68 bits per heavy atom. The zero-order valence-corrected chi connectivity index (χ0v) is 16.7. The number of carbonyl (C=O) groups excluding carboxylic acids is 2. The maximum Gasteiger partial charge on any atom is 0.223 e. The Balaban J connectivity index is 1.76. The minimum atomic E-state index is -0.111. The smallest absolute Gasteiger partial charge is 0.223 e. The van der Waals surface area contributed by atoms with E-state index >= 15 is 0 Å². The van der Waals surface area contributed by atoms with Gasteiger partial charge in [-0.15, -0.1) is 0 Å². The molecule has 0 aliphatic carbocycles. The molecule has 2 rings (SSSR count). The highest BCUT2D eigenvalue weighted by Crippen LogP contribution is 2.20. The Bertz CT molecular complexity index is 745. The largest absolute Gasteiger partial charge is 0.493 e. The predicted molar refractivity (Wildman–Crippen MR) is 110 cm³/mol. The highest BCUT2D eigenvalue weighted by molar-refractivity contribution is 5.91. The number of para-hydroxylation sites is 1. The molecule has 0 aliphatic heterocycles. The first kappa shape index (κ1) is 21.3. The van der Waals surface area contributed by atoms with Gasteiger partial charge in [0.05, 0.1) is 19.1 Å². The molecular weight excluding hydrogens is 356 g/mol. The summed E-state index contributed by atoms with van der Waals surface area (Å²) in [6.45, 7) is 6.50. The molecule has 0 radical (unpaired) electrons. The molecule has 2 amide bonds. The van der Waals surface area contributed by atoms with E-state index in [1.54, 1.807) is 4.90 Å². The number of hydrogen-bond acceptors (Lipinski definition) is 4. The van der Waals surface area contributed by atoms with Crippen LogP contribution >= 0.6 is 0 Å². The van der Waals surface area contributed by atoms with Crippen LogP contribution < -0.4 is 19.7 Å². The van der Waals surface area contributed by atoms with E-state index in [4.69, 9.17) is 9.47 Å². The van der Waals surface area contributed by atoms with E-state index in [1.165, 1.54) is 6.92 Å². The molecule has 0 heterocycles. The van der Waals surface area contributed by atoms with Crippen LogP contribution in [0, 0.1) is 0 Å². The van der Waals surface area contributed by atoms with Gasteiger partial charge in [0.2, 0.25) is 11.8 Å². The third-order valence-electron chi connectivity index (χ3n) is 3.90. The number of carbonyl (C=O) groups is 2. The fraction of sp³-hybridized carbons (Fsp3) is 0.364. The van der Waals surface area contributed by atoms with Crippen molar-refractivity contribution in [2.45, 2.75) is 33.3 Å². The summed E-state index contributed by atoms with van der Waals surface area (Å²) in [6.07, 6.45) is 0.353. The Morgan fingerprint density at radius 1 is 1.00 bits per heavy atom. The first-order valence-electron chi connectivity index (χ1n) is 9.45. The fourth-order valence-electron chi connectivity index (χ4n) is 2.62. The summed E-state index contributed by atoms with van der Waals surface area (Å²) >= 11 is 0. The van der Waals surface area contributed by atoms with Crippen molar-refractivity contribution in [3.05, 3.63) is 54.6 Å². The Morgan fingerprint density at radius 3 is 2.29 bits per heavy atom. The van der Waals surface area contributed by atoms with E-state index in [2.05, 4.69) is 5.32 Å². The lowest BCUT2D eigenvalue weighted by Crippen LogP contribution is -2.37. The molecule has 0 fully saturated rings. The minimum Gasteiger partial charge on any atom is -0.493 e. The Kier molecular flexibility index (Phi) is 8.34. The van der Waals surface area contributed by atoms with E-state index in [-0.39, 0.29) is 24.3 Å². The van der Waals surface area contributed by atoms with E-state index in [9.17, 15) is 9.59 Å². The maximum atomic E-state index is 12.0. The second-order valence-electron chi connectivity index (χ2n) is 6.59. The molecule has 2 aromatic rings. The lowest BCUT2D eigenvalue weighted by atomic mass is 10.2. The zero-order chi connectivity index (χ0) is 20.4. The van der Waals surface area contributed by atoms with Gasteiger partial charge in [0.25, 0.3) is 0 Å². The topological polar surface area (TPSA) is 67.9 Å². The molecule has 0 unspecified atom stereocenters. The minimum absolute atomic E-state index is 0.0841. The molecule has 28 heavy (non-hydrogen) atoms. The molecule has 0 saturated heterocycles. The van der Waals surface area contributed by atoms with E-state index in [1.807, 2.05) is 68.4 Å². The second kappa shape index (κ2) is 11.0. The number of rotatable bonds is 10. The second-order valence-corrected chi connectivity index (χ2v) is 6.59. The summed E-state index contributed by atoms with van der Waals surface area (Å²) in [4.78, 5) is 25.6. The Labute approximate surface area is 166 Å². The highest BCUT2D eigenvalue weighted by Gasteiger charge is 2.12. The van der Waals surface area contributed by atoms with Crippen LogP contribution in [-0.4, -0.2) is 37.6 Å². The summed E-state index contributed by atoms with van der Waals surface area (Å²) in [5, 5.41) is 2.82. The fourth-order valence-corrected chi connectivity index (χ4v) is 2.62. The molecule has 0 saturated carbocycles. The van der Waals surface area contributed by atoms with E-state index in [0.717, 1.165) is 17.2 Å². The molecule has 0 aromatic heterocycles. The van der Waals surface area contributed by atoms with Crippen LogP contribution in [0.5, 0.6) is 11.5 Å². The van der Waals surface area contributed by atoms with Crippen molar-refractivity contribution >= 4 is 17.5 Å². The number of benzene rings is 2. The summed E-state index contributed by atoms with van der Waals surface area (Å²) < 4.78 is 11.1. The molecule has 0 atom stereocenters. The lowest BCUT2D eigenvalue weighted by Gasteiger charge is -2.22. The van der Waals surface area contributed by atoms with E-state index < -0.39 is 0 Å². The molecule has 6 nitrogen and oxygen atoms in total. The van der Waals surface area contributed by atoms with Gasteiger partial charge < -0.3 is 19.7 Å². The first-order valence-corrected chi connectivity index (χ1v) is 9.45. The standard InChI is InChI=1S/C22H28N2O4/c1-17(2)28-21-11-9-19(10-12-21)24(18(3)25)15-14-23-22(26)13-16-27-20-7-5-4-6-8-20/h4-12,17H,13-16H2,1-3H3,(H,23,26). The Hall–Kier alpha value is -3.02. The van der Waals surface area contributed by atoms with Gasteiger partial charge in [-0.2, -0.15) is 0 Å². The van der Waals surface area contributed by atoms with Crippen molar-refractivity contribution in [3.8, 4) is 11.5 Å². The number of anilines is 1. The van der Waals surface area contributed by atoms with Crippen LogP contribution in [0.4, 0.5) is 5.69 Å². The van der Waals surface area contributed by atoms with E-state index in [0.29, 0.717) is 19.7 Å². The van der Waals surface area contributed by atoms with Gasteiger partial charge in [0.1, 0.15) is 11.5 Å². The molecule has 1 N–H and O–H groups in total. The van der Waals surface area contributed by atoms with Gasteiger partial charge in [-0.3, -0.25) is 9.59 Å². The summed E-state index contributed by atoms with van der Waals surface area (Å²) in [5.74, 6) is 1.30. The van der Waals surface area contributed by atoms with Crippen LogP contribution in [-0.2, 0) is 9.59 Å². The monoisotopic (exact) mass is 384 g/mol. The van der Waals surface area contributed by atoms with Gasteiger partial charge in [-0.1, -0.05) is 18.2 Å². The van der Waals surface area contributed by atoms with Crippen LogP contribution in [0.3, 0.4) is 0 Å². The summed E-state index contributed by atoms with van der Waals surface area (Å²) in [5.41, 5.74) is 0.769. The number of hydrogen-bond donors (Lipinski definition) is 1. The number of nitrogens with zero attached hydrogens (tertiary/aromatic N) is 1. The quantitative estimate of drug-likeness (QED) is 0.682. The third kappa shape index (κ3) is 7.31. The van der Waals surface area contributed by atoms with Crippen LogP contribution in [0.25, 0.3) is 0 Å². The maximum absolute atomic E-state index is 12.0. The normalized spacial score (nSPS) is 10.4. The summed E-state index contributed by atoms with van der Waals surface area (Å²) in [6, 6.07) is 16.7. The summed E-state index contributed by atoms with van der Waals surface area (Å²) in [7, 11) is 0.